The van der Waals surface area contributed by atoms with Crippen LogP contribution in [0.4, 0.5) is 0 Å². The summed E-state index contributed by atoms with van der Waals surface area (Å²) < 4.78 is 6.65. The maximum absolute atomic E-state index is 11.1. The van der Waals surface area contributed by atoms with Crippen LogP contribution in [0.5, 0.6) is 5.75 Å². The van der Waals surface area contributed by atoms with E-state index in [1.807, 2.05) is 46.4 Å². The molecule has 0 unspecified atom stereocenters. The van der Waals surface area contributed by atoms with E-state index in [-0.39, 0.29) is 0 Å². The van der Waals surface area contributed by atoms with E-state index >= 15 is 0 Å². The molecular formula is C25H30N4O6. The van der Waals surface area contributed by atoms with Crippen molar-refractivity contribution in [1.29, 1.82) is 0 Å². The number of likely N-dealkylation sites (tertiary alicyclic amines) is 1. The molecule has 1 saturated heterocycles. The van der Waals surface area contributed by atoms with Crippen molar-refractivity contribution in [2.45, 2.75) is 26.2 Å². The maximum atomic E-state index is 11.1. The molecule has 0 aliphatic carbocycles. The van der Waals surface area contributed by atoms with Gasteiger partial charge >= 0.3 is 11.7 Å². The Morgan fingerprint density at radius 3 is 2.46 bits per heavy atom. The van der Waals surface area contributed by atoms with Crippen molar-refractivity contribution in [2.24, 2.45) is 5.92 Å². The number of carboxylic acids is 1. The zero-order valence-electron chi connectivity index (χ0n) is 19.6. The monoisotopic (exact) mass is 482 g/mol. The highest BCUT2D eigenvalue weighted by molar-refractivity contribution is 5.84. The number of hydrogen-bond acceptors (Lipinski definition) is 6. The molecule has 0 amide bonds. The van der Waals surface area contributed by atoms with Gasteiger partial charge in [-0.3, -0.25) is 9.78 Å². The first kappa shape index (κ1) is 25.7. The number of aromatic nitrogens is 3. The van der Waals surface area contributed by atoms with Gasteiger partial charge in [0.05, 0.1) is 6.61 Å². The van der Waals surface area contributed by atoms with Gasteiger partial charge in [0.1, 0.15) is 11.4 Å². The average molecular weight is 483 g/mol. The van der Waals surface area contributed by atoms with Crippen molar-refractivity contribution in [3.63, 3.8) is 0 Å². The third kappa shape index (κ3) is 8.42. The number of carbonyl (C=O) groups is 1. The Labute approximate surface area is 202 Å². The molecule has 1 aliphatic heterocycles. The van der Waals surface area contributed by atoms with E-state index in [0.29, 0.717) is 0 Å². The van der Waals surface area contributed by atoms with Gasteiger partial charge in [0.15, 0.2) is 12.4 Å². The van der Waals surface area contributed by atoms with Crippen LogP contribution in [-0.2, 0) is 0 Å². The van der Waals surface area contributed by atoms with Crippen molar-refractivity contribution in [2.75, 3.05) is 26.2 Å². The molecule has 1 aromatic carbocycles. The SMILES string of the molecule is C[C@H]1CCCN(CCCOc2ccc(-c3cc[n+]([O-])cc3)cc2)C1.O=C(O)c1cc(=O)[nH]c(=O)[nH]1. The molecule has 1 atom stereocenters. The Morgan fingerprint density at radius 2 is 1.83 bits per heavy atom. The van der Waals surface area contributed by atoms with E-state index in [0.717, 1.165) is 53.2 Å². The van der Waals surface area contributed by atoms with Crippen LogP contribution in [0.25, 0.3) is 11.1 Å². The Kier molecular flexibility index (Phi) is 9.19. The van der Waals surface area contributed by atoms with Crippen molar-refractivity contribution >= 4 is 5.97 Å². The van der Waals surface area contributed by atoms with Gasteiger partial charge in [0.2, 0.25) is 0 Å². The molecule has 35 heavy (non-hydrogen) atoms. The second kappa shape index (κ2) is 12.5. The van der Waals surface area contributed by atoms with E-state index in [1.165, 1.54) is 38.3 Å². The van der Waals surface area contributed by atoms with Crippen LogP contribution >= 0.6 is 0 Å². The highest BCUT2D eigenvalue weighted by atomic mass is 16.5. The van der Waals surface area contributed by atoms with Crippen molar-refractivity contribution in [1.82, 2.24) is 14.9 Å². The molecular weight excluding hydrogens is 452 g/mol. The smallest absolute Gasteiger partial charge is 0.352 e. The van der Waals surface area contributed by atoms with Gasteiger partial charge in [0, 0.05) is 31.3 Å². The molecule has 0 saturated carbocycles. The van der Waals surface area contributed by atoms with Crippen molar-refractivity contribution in [3.8, 4) is 16.9 Å². The van der Waals surface area contributed by atoms with Crippen LogP contribution in [0, 0.1) is 11.1 Å². The lowest BCUT2D eigenvalue weighted by molar-refractivity contribution is -0.605. The van der Waals surface area contributed by atoms with Gasteiger partial charge in [0.25, 0.3) is 5.56 Å². The van der Waals surface area contributed by atoms with E-state index in [2.05, 4.69) is 11.8 Å². The van der Waals surface area contributed by atoms with Gasteiger partial charge in [-0.1, -0.05) is 19.1 Å². The number of piperidine rings is 1. The molecule has 3 N–H and O–H groups in total. The summed E-state index contributed by atoms with van der Waals surface area (Å²) in [5.41, 5.74) is 0.151. The minimum absolute atomic E-state index is 0.418. The average Bonchev–Trinajstić information content (AvgIpc) is 2.83. The van der Waals surface area contributed by atoms with E-state index in [1.54, 1.807) is 0 Å². The zero-order valence-corrected chi connectivity index (χ0v) is 19.6. The molecule has 10 heteroatoms. The predicted molar refractivity (Wildman–Crippen MR) is 130 cm³/mol. The summed E-state index contributed by atoms with van der Waals surface area (Å²) in [6.45, 7) is 6.69. The summed E-state index contributed by atoms with van der Waals surface area (Å²) in [5.74, 6) is 0.398. The Morgan fingerprint density at radius 1 is 1.14 bits per heavy atom. The molecule has 2 aromatic heterocycles. The lowest BCUT2D eigenvalue weighted by atomic mass is 10.0. The second-order valence-corrected chi connectivity index (χ2v) is 8.53. The first-order valence-electron chi connectivity index (χ1n) is 11.5. The van der Waals surface area contributed by atoms with Gasteiger partial charge in [-0.2, -0.15) is 4.73 Å². The van der Waals surface area contributed by atoms with Gasteiger partial charge in [-0.15, -0.1) is 0 Å². The quantitative estimate of drug-likeness (QED) is 0.266. The Balaban J connectivity index is 0.000000261. The highest BCUT2D eigenvalue weighted by Gasteiger charge is 2.15. The minimum Gasteiger partial charge on any atom is -0.619 e. The zero-order chi connectivity index (χ0) is 25.2. The fourth-order valence-corrected chi connectivity index (χ4v) is 3.90. The normalized spacial score (nSPS) is 15.6. The lowest BCUT2D eigenvalue weighted by Gasteiger charge is -2.30. The van der Waals surface area contributed by atoms with Crippen LogP contribution in [0.2, 0.25) is 0 Å². The third-order valence-electron chi connectivity index (χ3n) is 5.61. The first-order chi connectivity index (χ1) is 16.8. The number of aromatic amines is 2. The molecule has 0 bridgehead atoms. The molecule has 1 fully saturated rings. The highest BCUT2D eigenvalue weighted by Crippen LogP contribution is 2.21. The van der Waals surface area contributed by atoms with Crippen LogP contribution in [0.1, 0.15) is 36.7 Å². The van der Waals surface area contributed by atoms with Gasteiger partial charge in [-0.25, -0.2) is 9.59 Å². The predicted octanol–water partition coefficient (Wildman–Crippen LogP) is 2.25. The summed E-state index contributed by atoms with van der Waals surface area (Å²) in [5, 5.41) is 19.4. The third-order valence-corrected chi connectivity index (χ3v) is 5.61. The van der Waals surface area contributed by atoms with Crippen LogP contribution in [0.3, 0.4) is 0 Å². The lowest BCUT2D eigenvalue weighted by Crippen LogP contribution is -2.35. The van der Waals surface area contributed by atoms with E-state index < -0.39 is 22.9 Å². The van der Waals surface area contributed by atoms with Crippen molar-refractivity contribution in [3.05, 3.63) is 86.6 Å². The number of nitrogens with zero attached hydrogens (tertiary/aromatic N) is 2. The minimum atomic E-state index is -1.34. The molecule has 1 aliphatic rings. The van der Waals surface area contributed by atoms with E-state index in [9.17, 15) is 19.6 Å². The summed E-state index contributed by atoms with van der Waals surface area (Å²) in [6, 6.07) is 12.5. The van der Waals surface area contributed by atoms with E-state index in [4.69, 9.17) is 9.84 Å². The number of rotatable bonds is 7. The summed E-state index contributed by atoms with van der Waals surface area (Å²) in [4.78, 5) is 37.4. The van der Waals surface area contributed by atoms with Gasteiger partial charge in [-0.05, 0) is 55.0 Å². The molecule has 3 aromatic rings. The molecule has 186 valence electrons. The topological polar surface area (TPSA) is 142 Å². The number of ether oxygens (including phenoxy) is 1. The van der Waals surface area contributed by atoms with Crippen LogP contribution in [0.15, 0.2) is 64.4 Å². The summed E-state index contributed by atoms with van der Waals surface area (Å²) in [6.07, 6.45) is 6.80. The number of pyridine rings is 1. The molecule has 3 heterocycles. The number of benzene rings is 1. The number of H-pyrrole nitrogens is 2. The van der Waals surface area contributed by atoms with Crippen LogP contribution < -0.4 is 20.7 Å². The fourth-order valence-electron chi connectivity index (χ4n) is 3.90. The van der Waals surface area contributed by atoms with Crippen LogP contribution in [-0.4, -0.2) is 52.2 Å². The first-order valence-corrected chi connectivity index (χ1v) is 11.5. The number of nitrogens with one attached hydrogen (secondary N) is 2. The standard InChI is InChI=1S/C20H26N2O2.C5H4N2O4/c1-17-4-2-11-21(16-17)12-3-15-24-20-7-5-18(6-8-20)19-9-13-22(23)14-10-19;8-3-1-2(4(9)10)6-5(11)7-3/h5-10,13-14,17H,2-4,11-12,15-16H2,1H3;1H,(H,9,10)(H2,6,7,8,11)/t17-;/m0./s1. The summed E-state index contributed by atoms with van der Waals surface area (Å²) >= 11 is 0. The maximum Gasteiger partial charge on any atom is 0.352 e. The molecule has 10 nitrogen and oxygen atoms in total. The van der Waals surface area contributed by atoms with Crippen molar-refractivity contribution < 1.29 is 19.4 Å². The molecule has 4 rings (SSSR count). The van der Waals surface area contributed by atoms with Gasteiger partial charge < -0.3 is 24.9 Å². The molecule has 0 radical (unpaired) electrons. The summed E-state index contributed by atoms with van der Waals surface area (Å²) in [7, 11) is 0. The number of hydrogen-bond donors (Lipinski definition) is 3. The Hall–Kier alpha value is -3.92. The second-order valence-electron chi connectivity index (χ2n) is 8.53. The number of carboxylic acid groups (broad SMARTS) is 1. The Bertz CT molecular complexity index is 1180. The molecule has 0 spiro atoms. The fraction of sp³-hybridized carbons (Fsp3) is 0.360. The number of aromatic carboxylic acids is 1. The largest absolute Gasteiger partial charge is 0.619 e.